The first kappa shape index (κ1) is 12.8. The number of nitrogens with zero attached hydrogens (tertiary/aromatic N) is 1. The molecule has 0 aliphatic rings. The zero-order chi connectivity index (χ0) is 13.3. The summed E-state index contributed by atoms with van der Waals surface area (Å²) in [6, 6.07) is 5.47. The van der Waals surface area contributed by atoms with Gasteiger partial charge in [-0.25, -0.2) is 0 Å². The molecule has 5 heteroatoms. The van der Waals surface area contributed by atoms with Crippen LogP contribution in [0.2, 0.25) is 5.02 Å². The van der Waals surface area contributed by atoms with Gasteiger partial charge in [-0.15, -0.1) is 0 Å². The lowest BCUT2D eigenvalue weighted by Gasteiger charge is -2.11. The number of hydrogen-bond acceptors (Lipinski definition) is 3. The van der Waals surface area contributed by atoms with Gasteiger partial charge in [0.15, 0.2) is 0 Å². The standard InChI is InChI=1S/C13H16ClN3O/c1-7(2)11-12(16-17-13(11)15)9-6-8(14)4-5-10(9)18-3/h4-7H,1-3H3,(H3,15,16,17). The highest BCUT2D eigenvalue weighted by molar-refractivity contribution is 6.31. The molecule has 0 amide bonds. The molecule has 0 aliphatic heterocycles. The minimum absolute atomic E-state index is 0.266. The maximum Gasteiger partial charge on any atom is 0.149 e. The van der Waals surface area contributed by atoms with Crippen LogP contribution in [0.4, 0.5) is 5.82 Å². The molecule has 1 heterocycles. The highest BCUT2D eigenvalue weighted by atomic mass is 35.5. The lowest BCUT2D eigenvalue weighted by molar-refractivity contribution is 0.416. The van der Waals surface area contributed by atoms with Crippen LogP contribution in [0.25, 0.3) is 11.3 Å². The first-order valence-electron chi connectivity index (χ1n) is 5.72. The van der Waals surface area contributed by atoms with E-state index in [1.54, 1.807) is 13.2 Å². The maximum absolute atomic E-state index is 6.04. The summed E-state index contributed by atoms with van der Waals surface area (Å²) in [6.45, 7) is 4.14. The molecule has 0 fully saturated rings. The fourth-order valence-electron chi connectivity index (χ4n) is 2.03. The van der Waals surface area contributed by atoms with E-state index < -0.39 is 0 Å². The fraction of sp³-hybridized carbons (Fsp3) is 0.308. The van der Waals surface area contributed by atoms with E-state index in [-0.39, 0.29) is 5.92 Å². The third-order valence-corrected chi connectivity index (χ3v) is 3.08. The number of nitrogens with one attached hydrogen (secondary N) is 1. The second kappa shape index (κ2) is 4.90. The van der Waals surface area contributed by atoms with Crippen LogP contribution < -0.4 is 10.5 Å². The van der Waals surface area contributed by atoms with Gasteiger partial charge in [0.1, 0.15) is 11.6 Å². The molecule has 3 N–H and O–H groups in total. The molecule has 96 valence electrons. The predicted octanol–water partition coefficient (Wildman–Crippen LogP) is 3.44. The van der Waals surface area contributed by atoms with E-state index in [0.717, 1.165) is 22.6 Å². The number of aromatic amines is 1. The molecule has 0 saturated carbocycles. The fourth-order valence-corrected chi connectivity index (χ4v) is 2.20. The van der Waals surface area contributed by atoms with Crippen LogP contribution >= 0.6 is 11.6 Å². The number of rotatable bonds is 3. The third-order valence-electron chi connectivity index (χ3n) is 2.84. The molecule has 0 bridgehead atoms. The van der Waals surface area contributed by atoms with Gasteiger partial charge in [0.2, 0.25) is 0 Å². The van der Waals surface area contributed by atoms with Crippen LogP contribution in [-0.2, 0) is 0 Å². The summed E-state index contributed by atoms with van der Waals surface area (Å²) in [5.41, 5.74) is 8.61. The van der Waals surface area contributed by atoms with Crippen molar-refractivity contribution in [3.8, 4) is 17.0 Å². The van der Waals surface area contributed by atoms with E-state index in [0.29, 0.717) is 10.8 Å². The minimum Gasteiger partial charge on any atom is -0.496 e. The topological polar surface area (TPSA) is 63.9 Å². The van der Waals surface area contributed by atoms with Crippen molar-refractivity contribution in [3.05, 3.63) is 28.8 Å². The Bertz CT molecular complexity index is 563. The van der Waals surface area contributed by atoms with Crippen LogP contribution in [0, 0.1) is 0 Å². The molecule has 0 atom stereocenters. The number of nitrogens with two attached hydrogens (primary N) is 1. The van der Waals surface area contributed by atoms with E-state index in [2.05, 4.69) is 24.0 Å². The molecule has 4 nitrogen and oxygen atoms in total. The van der Waals surface area contributed by atoms with Crippen molar-refractivity contribution >= 4 is 17.4 Å². The van der Waals surface area contributed by atoms with Gasteiger partial charge < -0.3 is 10.5 Å². The Kier molecular flexibility index (Phi) is 3.48. The number of anilines is 1. The Hall–Kier alpha value is -1.68. The van der Waals surface area contributed by atoms with Crippen LogP contribution in [0.5, 0.6) is 5.75 Å². The summed E-state index contributed by atoms with van der Waals surface area (Å²) in [7, 11) is 1.63. The van der Waals surface area contributed by atoms with Gasteiger partial charge in [0, 0.05) is 16.1 Å². The van der Waals surface area contributed by atoms with Crippen molar-refractivity contribution in [1.82, 2.24) is 10.2 Å². The number of nitrogen functional groups attached to an aromatic ring is 1. The monoisotopic (exact) mass is 265 g/mol. The largest absolute Gasteiger partial charge is 0.496 e. The van der Waals surface area contributed by atoms with Gasteiger partial charge in [0.05, 0.1) is 12.8 Å². The second-order valence-electron chi connectivity index (χ2n) is 4.40. The zero-order valence-electron chi connectivity index (χ0n) is 10.6. The maximum atomic E-state index is 6.04. The van der Waals surface area contributed by atoms with E-state index in [4.69, 9.17) is 22.1 Å². The molecule has 0 radical (unpaired) electrons. The van der Waals surface area contributed by atoms with Crippen molar-refractivity contribution < 1.29 is 4.74 Å². The third kappa shape index (κ3) is 2.16. The van der Waals surface area contributed by atoms with E-state index >= 15 is 0 Å². The Balaban J connectivity index is 2.65. The van der Waals surface area contributed by atoms with Gasteiger partial charge in [-0.2, -0.15) is 5.10 Å². The molecular weight excluding hydrogens is 250 g/mol. The number of ether oxygens (including phenoxy) is 1. The van der Waals surface area contributed by atoms with Crippen molar-refractivity contribution in [2.75, 3.05) is 12.8 Å². The second-order valence-corrected chi connectivity index (χ2v) is 4.83. The predicted molar refractivity (Wildman–Crippen MR) is 74.1 cm³/mol. The van der Waals surface area contributed by atoms with E-state index in [1.165, 1.54) is 0 Å². The number of halogens is 1. The Labute approximate surface area is 111 Å². The molecule has 0 unspecified atom stereocenters. The molecule has 2 rings (SSSR count). The van der Waals surface area contributed by atoms with Crippen LogP contribution in [-0.4, -0.2) is 17.3 Å². The normalized spacial score (nSPS) is 10.9. The van der Waals surface area contributed by atoms with Crippen LogP contribution in [0.1, 0.15) is 25.3 Å². The van der Waals surface area contributed by atoms with E-state index in [1.807, 2.05) is 12.1 Å². The van der Waals surface area contributed by atoms with Gasteiger partial charge in [-0.05, 0) is 24.1 Å². The number of H-pyrrole nitrogens is 1. The lowest BCUT2D eigenvalue weighted by atomic mass is 9.98. The first-order valence-corrected chi connectivity index (χ1v) is 6.10. The van der Waals surface area contributed by atoms with Crippen LogP contribution in [0.15, 0.2) is 18.2 Å². The molecule has 0 aliphatic carbocycles. The van der Waals surface area contributed by atoms with Crippen molar-refractivity contribution in [2.24, 2.45) is 0 Å². The number of benzene rings is 1. The number of methoxy groups -OCH3 is 1. The molecule has 1 aromatic heterocycles. The minimum atomic E-state index is 0.266. The molecule has 0 spiro atoms. The Morgan fingerprint density at radius 3 is 2.72 bits per heavy atom. The van der Waals surface area contributed by atoms with E-state index in [9.17, 15) is 0 Å². The van der Waals surface area contributed by atoms with Gasteiger partial charge in [-0.3, -0.25) is 5.10 Å². The molecular formula is C13H16ClN3O. The zero-order valence-corrected chi connectivity index (χ0v) is 11.4. The Morgan fingerprint density at radius 2 is 2.11 bits per heavy atom. The van der Waals surface area contributed by atoms with Crippen molar-refractivity contribution in [3.63, 3.8) is 0 Å². The quantitative estimate of drug-likeness (QED) is 0.893. The molecule has 2 aromatic rings. The first-order chi connectivity index (χ1) is 8.54. The summed E-state index contributed by atoms with van der Waals surface area (Å²) >= 11 is 6.04. The lowest BCUT2D eigenvalue weighted by Crippen LogP contribution is -1.96. The smallest absolute Gasteiger partial charge is 0.149 e. The summed E-state index contributed by atoms with van der Waals surface area (Å²) in [5.74, 6) is 1.52. The van der Waals surface area contributed by atoms with Crippen molar-refractivity contribution in [1.29, 1.82) is 0 Å². The summed E-state index contributed by atoms with van der Waals surface area (Å²) in [5, 5.41) is 7.68. The molecule has 18 heavy (non-hydrogen) atoms. The van der Waals surface area contributed by atoms with Crippen LogP contribution in [0.3, 0.4) is 0 Å². The van der Waals surface area contributed by atoms with Gasteiger partial charge >= 0.3 is 0 Å². The summed E-state index contributed by atoms with van der Waals surface area (Å²) < 4.78 is 5.35. The Morgan fingerprint density at radius 1 is 1.39 bits per heavy atom. The number of aromatic nitrogens is 2. The summed E-state index contributed by atoms with van der Waals surface area (Å²) in [4.78, 5) is 0. The highest BCUT2D eigenvalue weighted by Crippen LogP contribution is 2.37. The average molecular weight is 266 g/mol. The average Bonchev–Trinajstić information content (AvgIpc) is 2.71. The van der Waals surface area contributed by atoms with Gasteiger partial charge in [0.25, 0.3) is 0 Å². The molecule has 0 saturated heterocycles. The van der Waals surface area contributed by atoms with Crippen molar-refractivity contribution in [2.45, 2.75) is 19.8 Å². The molecule has 1 aromatic carbocycles. The van der Waals surface area contributed by atoms with Gasteiger partial charge in [-0.1, -0.05) is 25.4 Å². The summed E-state index contributed by atoms with van der Waals surface area (Å²) in [6.07, 6.45) is 0. The highest BCUT2D eigenvalue weighted by Gasteiger charge is 2.18. The SMILES string of the molecule is COc1ccc(Cl)cc1-c1[nH]nc(N)c1C(C)C. The number of hydrogen-bond donors (Lipinski definition) is 2.